The lowest BCUT2D eigenvalue weighted by molar-refractivity contribution is 0.102. The molecule has 0 unspecified atom stereocenters. The Morgan fingerprint density at radius 1 is 1.13 bits per heavy atom. The van der Waals surface area contributed by atoms with Crippen LogP contribution >= 0.6 is 11.6 Å². The van der Waals surface area contributed by atoms with Crippen molar-refractivity contribution in [3.8, 4) is 23.0 Å². The molecule has 0 bridgehead atoms. The van der Waals surface area contributed by atoms with Gasteiger partial charge in [0.05, 0.1) is 17.7 Å². The van der Waals surface area contributed by atoms with Gasteiger partial charge in [0, 0.05) is 17.3 Å². The molecular weight excluding hydrogens is 404 g/mol. The highest BCUT2D eigenvalue weighted by molar-refractivity contribution is 6.32. The highest BCUT2D eigenvalue weighted by Crippen LogP contribution is 2.34. The van der Waals surface area contributed by atoms with Crippen molar-refractivity contribution in [2.24, 2.45) is 0 Å². The Hall–Kier alpha value is -3.51. The van der Waals surface area contributed by atoms with Crippen molar-refractivity contribution >= 4 is 34.3 Å². The van der Waals surface area contributed by atoms with Crippen LogP contribution in [0.4, 0.5) is 5.69 Å². The number of oxazole rings is 1. The summed E-state index contributed by atoms with van der Waals surface area (Å²) in [6, 6.07) is 13.5. The molecule has 0 fully saturated rings. The summed E-state index contributed by atoms with van der Waals surface area (Å²) in [4.78, 5) is 17.0. The molecule has 7 heteroatoms. The largest absolute Gasteiger partial charge is 0.507 e. The predicted octanol–water partition coefficient (Wildman–Crippen LogP) is 5.73. The number of phenolic OH excluding ortho intramolecular Hbond substituents is 1. The van der Waals surface area contributed by atoms with Gasteiger partial charge in [-0.1, -0.05) is 17.7 Å². The SMILES string of the molecule is COc1ccc(C(=O)Nc2ccc(-c3nc4cc(C)cc(C)c4o3)c(O)c2)cc1Cl. The number of halogens is 1. The number of amides is 1. The number of carbonyl (C=O) groups is 1. The third-order valence-corrected chi connectivity index (χ3v) is 5.02. The first kappa shape index (κ1) is 19.8. The number of fused-ring (bicyclic) bond motifs is 1. The quantitative estimate of drug-likeness (QED) is 0.438. The molecule has 0 atom stereocenters. The van der Waals surface area contributed by atoms with Crippen LogP contribution in [0.1, 0.15) is 21.5 Å². The van der Waals surface area contributed by atoms with E-state index in [0.717, 1.165) is 16.6 Å². The molecule has 0 saturated carbocycles. The molecule has 30 heavy (non-hydrogen) atoms. The number of hydrogen-bond donors (Lipinski definition) is 2. The van der Waals surface area contributed by atoms with Crippen LogP contribution in [0.3, 0.4) is 0 Å². The summed E-state index contributed by atoms with van der Waals surface area (Å²) < 4.78 is 11.0. The number of aromatic nitrogens is 1. The fourth-order valence-electron chi connectivity index (χ4n) is 3.29. The number of carbonyl (C=O) groups excluding carboxylic acids is 1. The van der Waals surface area contributed by atoms with E-state index in [1.54, 1.807) is 24.3 Å². The molecule has 4 aromatic rings. The average Bonchev–Trinajstić information content (AvgIpc) is 3.12. The number of rotatable bonds is 4. The molecule has 2 N–H and O–H groups in total. The smallest absolute Gasteiger partial charge is 0.255 e. The van der Waals surface area contributed by atoms with Gasteiger partial charge in [-0.2, -0.15) is 0 Å². The van der Waals surface area contributed by atoms with E-state index in [1.165, 1.54) is 19.2 Å². The van der Waals surface area contributed by atoms with Gasteiger partial charge < -0.3 is 19.6 Å². The van der Waals surface area contributed by atoms with E-state index in [9.17, 15) is 9.90 Å². The normalized spacial score (nSPS) is 10.9. The number of nitrogens with zero attached hydrogens (tertiary/aromatic N) is 1. The maximum atomic E-state index is 12.5. The number of benzene rings is 3. The van der Waals surface area contributed by atoms with Gasteiger partial charge in [0.2, 0.25) is 5.89 Å². The minimum Gasteiger partial charge on any atom is -0.507 e. The molecule has 1 aromatic heterocycles. The lowest BCUT2D eigenvalue weighted by Crippen LogP contribution is -2.11. The Labute approximate surface area is 178 Å². The summed E-state index contributed by atoms with van der Waals surface area (Å²) >= 11 is 6.08. The maximum absolute atomic E-state index is 12.5. The van der Waals surface area contributed by atoms with Gasteiger partial charge in [0.25, 0.3) is 5.91 Å². The van der Waals surface area contributed by atoms with Crippen LogP contribution in [0, 0.1) is 13.8 Å². The fraction of sp³-hybridized carbons (Fsp3) is 0.130. The van der Waals surface area contributed by atoms with E-state index in [-0.39, 0.29) is 11.7 Å². The highest BCUT2D eigenvalue weighted by atomic mass is 35.5. The van der Waals surface area contributed by atoms with Crippen LogP contribution in [-0.4, -0.2) is 23.1 Å². The van der Waals surface area contributed by atoms with Gasteiger partial charge in [-0.05, 0) is 61.4 Å². The Balaban J connectivity index is 1.60. The van der Waals surface area contributed by atoms with E-state index in [4.69, 9.17) is 20.8 Å². The zero-order valence-electron chi connectivity index (χ0n) is 16.6. The molecule has 1 amide bonds. The lowest BCUT2D eigenvalue weighted by Gasteiger charge is -2.09. The van der Waals surface area contributed by atoms with Gasteiger partial charge in [0.15, 0.2) is 5.58 Å². The van der Waals surface area contributed by atoms with Crippen molar-refractivity contribution in [1.82, 2.24) is 4.98 Å². The summed E-state index contributed by atoms with van der Waals surface area (Å²) in [5.74, 6) is 0.385. The fourth-order valence-corrected chi connectivity index (χ4v) is 3.55. The van der Waals surface area contributed by atoms with Crippen molar-refractivity contribution in [1.29, 1.82) is 0 Å². The maximum Gasteiger partial charge on any atom is 0.255 e. The molecule has 0 aliphatic heterocycles. The molecule has 0 spiro atoms. The Bertz CT molecular complexity index is 1280. The van der Waals surface area contributed by atoms with Crippen molar-refractivity contribution in [2.45, 2.75) is 13.8 Å². The van der Waals surface area contributed by atoms with E-state index in [0.29, 0.717) is 39.1 Å². The first-order valence-electron chi connectivity index (χ1n) is 9.22. The van der Waals surface area contributed by atoms with Gasteiger partial charge in [-0.3, -0.25) is 4.79 Å². The van der Waals surface area contributed by atoms with Crippen molar-refractivity contribution < 1.29 is 19.1 Å². The zero-order chi connectivity index (χ0) is 21.4. The Morgan fingerprint density at radius 3 is 2.63 bits per heavy atom. The van der Waals surface area contributed by atoms with Crippen LogP contribution in [-0.2, 0) is 0 Å². The number of phenols is 1. The minimum absolute atomic E-state index is 0.0542. The molecule has 0 aliphatic rings. The molecule has 6 nitrogen and oxygen atoms in total. The van der Waals surface area contributed by atoms with E-state index in [1.807, 2.05) is 26.0 Å². The van der Waals surface area contributed by atoms with Gasteiger partial charge in [-0.15, -0.1) is 0 Å². The second-order valence-electron chi connectivity index (χ2n) is 6.98. The third kappa shape index (κ3) is 3.69. The second-order valence-corrected chi connectivity index (χ2v) is 7.39. The summed E-state index contributed by atoms with van der Waals surface area (Å²) in [7, 11) is 1.50. The summed E-state index contributed by atoms with van der Waals surface area (Å²) in [5.41, 5.74) is 4.71. The highest BCUT2D eigenvalue weighted by Gasteiger charge is 2.16. The number of aryl methyl sites for hydroxylation is 2. The minimum atomic E-state index is -0.361. The first-order valence-corrected chi connectivity index (χ1v) is 9.59. The number of aromatic hydroxyl groups is 1. The van der Waals surface area contributed by atoms with Crippen LogP contribution in [0.25, 0.3) is 22.6 Å². The van der Waals surface area contributed by atoms with Crippen molar-refractivity contribution in [3.05, 3.63) is 70.2 Å². The molecule has 152 valence electrons. The summed E-state index contributed by atoms with van der Waals surface area (Å²) in [6.07, 6.45) is 0. The van der Waals surface area contributed by atoms with Gasteiger partial charge >= 0.3 is 0 Å². The summed E-state index contributed by atoms with van der Waals surface area (Å²) in [5, 5.41) is 13.6. The topological polar surface area (TPSA) is 84.6 Å². The van der Waals surface area contributed by atoms with E-state index < -0.39 is 0 Å². The lowest BCUT2D eigenvalue weighted by atomic mass is 10.1. The molecule has 0 radical (unpaired) electrons. The molecule has 1 heterocycles. The van der Waals surface area contributed by atoms with Crippen molar-refractivity contribution in [3.63, 3.8) is 0 Å². The van der Waals surface area contributed by atoms with E-state index >= 15 is 0 Å². The molecule has 0 aliphatic carbocycles. The molecule has 3 aromatic carbocycles. The van der Waals surface area contributed by atoms with Crippen LogP contribution < -0.4 is 10.1 Å². The third-order valence-electron chi connectivity index (χ3n) is 4.72. The second kappa shape index (κ2) is 7.72. The van der Waals surface area contributed by atoms with Crippen LogP contribution in [0.5, 0.6) is 11.5 Å². The van der Waals surface area contributed by atoms with Crippen LogP contribution in [0.15, 0.2) is 52.9 Å². The Kier molecular flexibility index (Phi) is 5.10. The molecule has 0 saturated heterocycles. The van der Waals surface area contributed by atoms with Gasteiger partial charge in [0.1, 0.15) is 17.0 Å². The summed E-state index contributed by atoms with van der Waals surface area (Å²) in [6.45, 7) is 3.94. The number of ether oxygens (including phenoxy) is 1. The number of nitrogens with one attached hydrogen (secondary N) is 1. The standard InChI is InChI=1S/C23H19ClN2O4/c1-12-8-13(2)21-18(9-12)26-23(30-21)16-6-5-15(11-19(16)27)25-22(28)14-4-7-20(29-3)17(24)10-14/h4-11,27H,1-3H3,(H,25,28). The monoisotopic (exact) mass is 422 g/mol. The predicted molar refractivity (Wildman–Crippen MR) is 117 cm³/mol. The van der Waals surface area contributed by atoms with E-state index in [2.05, 4.69) is 10.3 Å². The van der Waals surface area contributed by atoms with Gasteiger partial charge in [-0.25, -0.2) is 4.98 Å². The average molecular weight is 423 g/mol. The van der Waals surface area contributed by atoms with Crippen LogP contribution in [0.2, 0.25) is 5.02 Å². The molecule has 4 rings (SSSR count). The number of hydrogen-bond acceptors (Lipinski definition) is 5. The van der Waals surface area contributed by atoms with Crippen molar-refractivity contribution in [2.75, 3.05) is 12.4 Å². The zero-order valence-corrected chi connectivity index (χ0v) is 17.4. The first-order chi connectivity index (χ1) is 14.4. The molecular formula is C23H19ClN2O4. The Morgan fingerprint density at radius 2 is 1.93 bits per heavy atom. The number of methoxy groups -OCH3 is 1. The number of anilines is 1.